The van der Waals surface area contributed by atoms with E-state index in [9.17, 15) is 14.4 Å². The highest BCUT2D eigenvalue weighted by molar-refractivity contribution is 5.98. The van der Waals surface area contributed by atoms with Gasteiger partial charge in [0.15, 0.2) is 0 Å². The number of esters is 1. The van der Waals surface area contributed by atoms with E-state index in [0.717, 1.165) is 24.0 Å². The molecule has 3 aliphatic rings. The lowest BCUT2D eigenvalue weighted by Gasteiger charge is -2.24. The highest BCUT2D eigenvalue weighted by Gasteiger charge is 2.63. The van der Waals surface area contributed by atoms with Gasteiger partial charge < -0.3 is 15.0 Å². The Labute approximate surface area is 210 Å². The molecule has 5 atom stereocenters. The predicted molar refractivity (Wildman–Crippen MR) is 135 cm³/mol. The van der Waals surface area contributed by atoms with E-state index in [1.165, 1.54) is 0 Å². The van der Waals surface area contributed by atoms with Crippen molar-refractivity contribution in [2.75, 3.05) is 5.32 Å². The van der Waals surface area contributed by atoms with Gasteiger partial charge in [-0.25, -0.2) is 0 Å². The molecule has 2 amide bonds. The van der Waals surface area contributed by atoms with Gasteiger partial charge >= 0.3 is 5.97 Å². The number of anilines is 1. The molecule has 0 unspecified atom stereocenters. The van der Waals surface area contributed by atoms with Crippen LogP contribution in [0.25, 0.3) is 0 Å². The van der Waals surface area contributed by atoms with Crippen molar-refractivity contribution in [1.82, 2.24) is 4.90 Å². The second kappa shape index (κ2) is 9.26. The lowest BCUT2D eigenvalue weighted by molar-refractivity contribution is -0.145. The van der Waals surface area contributed by atoms with Crippen LogP contribution in [0.4, 0.5) is 5.69 Å². The van der Waals surface area contributed by atoms with Crippen LogP contribution in [0, 0.1) is 23.7 Å². The van der Waals surface area contributed by atoms with Gasteiger partial charge in [0.25, 0.3) is 5.91 Å². The van der Waals surface area contributed by atoms with Gasteiger partial charge in [-0.2, -0.15) is 0 Å². The van der Waals surface area contributed by atoms with Crippen LogP contribution < -0.4 is 5.32 Å². The minimum atomic E-state index is -0.324. The standard InChI is InChI=1S/C30H28N2O4/c33-28(26-22-15-24-25(16-22)36-30(35)27(24)26)31-23-13-11-21(12-14-23)29(34)32(17-19-7-3-1-4-8-19)18-20-9-5-2-6-10-20/h1-14,22,24-27H,15-18H2,(H,31,33)/t22-,24+,25-,26+,27-/m0/s1. The SMILES string of the molecule is O=C(Nc1ccc(C(=O)N(Cc2ccccc2)Cc2ccccc2)cc1)[C@@H]1[C@H]2C[C@H]3[C@@H]1C(=O)O[C@H]3C2. The first-order valence-corrected chi connectivity index (χ1v) is 12.6. The van der Waals surface area contributed by atoms with Crippen molar-refractivity contribution in [3.05, 3.63) is 102 Å². The third-order valence-corrected chi connectivity index (χ3v) is 7.91. The van der Waals surface area contributed by atoms with E-state index in [-0.39, 0.29) is 47.6 Å². The van der Waals surface area contributed by atoms with E-state index in [1.807, 2.05) is 65.6 Å². The molecule has 2 aliphatic carbocycles. The second-order valence-electron chi connectivity index (χ2n) is 10.1. The highest BCUT2D eigenvalue weighted by atomic mass is 16.6. The maximum absolute atomic E-state index is 13.5. The second-order valence-corrected chi connectivity index (χ2v) is 10.1. The molecule has 2 bridgehead atoms. The van der Waals surface area contributed by atoms with Crippen LogP contribution in [0.15, 0.2) is 84.9 Å². The number of rotatable bonds is 7. The zero-order valence-corrected chi connectivity index (χ0v) is 19.9. The fraction of sp³-hybridized carbons (Fsp3) is 0.300. The number of fused-ring (bicyclic) bond motifs is 1. The van der Waals surface area contributed by atoms with Crippen LogP contribution in [0.2, 0.25) is 0 Å². The first kappa shape index (κ1) is 22.5. The number of nitrogens with zero attached hydrogens (tertiary/aromatic N) is 1. The van der Waals surface area contributed by atoms with Gasteiger partial charge in [0.05, 0.1) is 11.8 Å². The summed E-state index contributed by atoms with van der Waals surface area (Å²) in [5.74, 6) is -0.649. The Kier molecular flexibility index (Phi) is 5.80. The monoisotopic (exact) mass is 480 g/mol. The summed E-state index contributed by atoms with van der Waals surface area (Å²) in [7, 11) is 0. The fourth-order valence-electron chi connectivity index (χ4n) is 6.27. The van der Waals surface area contributed by atoms with Crippen molar-refractivity contribution in [3.8, 4) is 0 Å². The quantitative estimate of drug-likeness (QED) is 0.499. The predicted octanol–water partition coefficient (Wildman–Crippen LogP) is 4.67. The molecule has 6 nitrogen and oxygen atoms in total. The first-order chi connectivity index (χ1) is 17.6. The molecule has 0 radical (unpaired) electrons. The average molecular weight is 481 g/mol. The van der Waals surface area contributed by atoms with E-state index < -0.39 is 0 Å². The number of nitrogens with one attached hydrogen (secondary N) is 1. The topological polar surface area (TPSA) is 75.7 Å². The minimum Gasteiger partial charge on any atom is -0.462 e. The molecule has 6 rings (SSSR count). The van der Waals surface area contributed by atoms with Crippen molar-refractivity contribution >= 4 is 23.5 Å². The van der Waals surface area contributed by atoms with Crippen molar-refractivity contribution in [2.24, 2.45) is 23.7 Å². The zero-order valence-electron chi connectivity index (χ0n) is 19.9. The third-order valence-electron chi connectivity index (χ3n) is 7.91. The summed E-state index contributed by atoms with van der Waals surface area (Å²) in [4.78, 5) is 40.7. The molecule has 36 heavy (non-hydrogen) atoms. The summed E-state index contributed by atoms with van der Waals surface area (Å²) >= 11 is 0. The smallest absolute Gasteiger partial charge is 0.310 e. The van der Waals surface area contributed by atoms with E-state index in [4.69, 9.17) is 4.74 Å². The molecule has 3 aromatic carbocycles. The molecule has 3 aromatic rings. The maximum Gasteiger partial charge on any atom is 0.310 e. The number of ether oxygens (including phenoxy) is 1. The summed E-state index contributed by atoms with van der Waals surface area (Å²) in [5, 5.41) is 2.98. The first-order valence-electron chi connectivity index (χ1n) is 12.6. The van der Waals surface area contributed by atoms with Crippen molar-refractivity contribution < 1.29 is 19.1 Å². The van der Waals surface area contributed by atoms with Gasteiger partial charge in [-0.3, -0.25) is 14.4 Å². The number of hydrogen-bond acceptors (Lipinski definition) is 4. The van der Waals surface area contributed by atoms with E-state index >= 15 is 0 Å². The summed E-state index contributed by atoms with van der Waals surface area (Å²) in [6.45, 7) is 0.992. The molecule has 0 aromatic heterocycles. The van der Waals surface area contributed by atoms with E-state index in [2.05, 4.69) is 5.32 Å². The van der Waals surface area contributed by atoms with E-state index in [0.29, 0.717) is 24.3 Å². The van der Waals surface area contributed by atoms with Crippen molar-refractivity contribution in [3.63, 3.8) is 0 Å². The van der Waals surface area contributed by atoms with Gasteiger partial charge in [0.1, 0.15) is 6.10 Å². The molecule has 1 N–H and O–H groups in total. The molecule has 1 heterocycles. The minimum absolute atomic E-state index is 0.0107. The lowest BCUT2D eigenvalue weighted by atomic mass is 9.79. The number of carbonyl (C=O) groups excluding carboxylic acids is 3. The zero-order chi connectivity index (χ0) is 24.6. The molecule has 1 saturated heterocycles. The van der Waals surface area contributed by atoms with Crippen LogP contribution in [0.5, 0.6) is 0 Å². The van der Waals surface area contributed by atoms with Gasteiger partial charge in [0.2, 0.25) is 5.91 Å². The Balaban J connectivity index is 1.16. The Morgan fingerprint density at radius 3 is 2.06 bits per heavy atom. The Bertz CT molecular complexity index is 1230. The van der Waals surface area contributed by atoms with Gasteiger partial charge in [-0.15, -0.1) is 0 Å². The van der Waals surface area contributed by atoms with E-state index in [1.54, 1.807) is 24.3 Å². The van der Waals surface area contributed by atoms with Gasteiger partial charge in [0, 0.05) is 30.3 Å². The highest BCUT2D eigenvalue weighted by Crippen LogP contribution is 2.57. The fourth-order valence-corrected chi connectivity index (χ4v) is 6.27. The lowest BCUT2D eigenvalue weighted by Crippen LogP contribution is -2.35. The molecule has 0 spiro atoms. The van der Waals surface area contributed by atoms with Gasteiger partial charge in [-0.05, 0) is 54.2 Å². The van der Waals surface area contributed by atoms with Crippen molar-refractivity contribution in [1.29, 1.82) is 0 Å². The summed E-state index contributed by atoms with van der Waals surface area (Å²) in [6.07, 6.45) is 1.69. The Morgan fingerprint density at radius 1 is 0.833 bits per heavy atom. The number of hydrogen-bond donors (Lipinski definition) is 1. The number of carbonyl (C=O) groups is 3. The summed E-state index contributed by atoms with van der Waals surface area (Å²) in [5.41, 5.74) is 3.30. The van der Waals surface area contributed by atoms with Gasteiger partial charge in [-0.1, -0.05) is 60.7 Å². The molecule has 6 heteroatoms. The molecular weight excluding hydrogens is 452 g/mol. The Hall–Kier alpha value is -3.93. The maximum atomic E-state index is 13.5. The number of benzene rings is 3. The molecular formula is C30H28N2O4. The van der Waals surface area contributed by atoms with Crippen LogP contribution in [0.1, 0.15) is 34.3 Å². The molecule has 182 valence electrons. The van der Waals surface area contributed by atoms with Crippen LogP contribution in [-0.2, 0) is 27.4 Å². The van der Waals surface area contributed by atoms with Crippen molar-refractivity contribution in [2.45, 2.75) is 32.0 Å². The molecule has 3 fully saturated rings. The largest absolute Gasteiger partial charge is 0.462 e. The third kappa shape index (κ3) is 4.17. The summed E-state index contributed by atoms with van der Waals surface area (Å²) < 4.78 is 5.46. The average Bonchev–Trinajstić information content (AvgIpc) is 3.53. The summed E-state index contributed by atoms with van der Waals surface area (Å²) in [6, 6.07) is 26.9. The Morgan fingerprint density at radius 2 is 1.44 bits per heavy atom. The normalized spacial score (nSPS) is 25.4. The molecule has 1 aliphatic heterocycles. The van der Waals surface area contributed by atoms with Crippen LogP contribution in [0.3, 0.4) is 0 Å². The molecule has 2 saturated carbocycles. The van der Waals surface area contributed by atoms with Crippen LogP contribution in [-0.4, -0.2) is 28.8 Å². The number of amides is 2. The van der Waals surface area contributed by atoms with Crippen LogP contribution >= 0.6 is 0 Å².